The number of H-pyrrole nitrogens is 1. The normalized spacial score (nSPS) is 15.9. The van der Waals surface area contributed by atoms with Gasteiger partial charge in [0.1, 0.15) is 5.65 Å². The van der Waals surface area contributed by atoms with Gasteiger partial charge in [0, 0.05) is 37.1 Å². The molecule has 1 aliphatic rings. The van der Waals surface area contributed by atoms with Crippen LogP contribution in [0.4, 0.5) is 17.7 Å². The molecule has 0 spiro atoms. The Kier molecular flexibility index (Phi) is 4.50. The van der Waals surface area contributed by atoms with Gasteiger partial charge >= 0.3 is 0 Å². The van der Waals surface area contributed by atoms with Crippen LogP contribution < -0.4 is 16.0 Å². The molecule has 0 unspecified atom stereocenters. The van der Waals surface area contributed by atoms with Crippen molar-refractivity contribution in [3.8, 4) is 0 Å². The minimum Gasteiger partial charge on any atom is -0.341 e. The Labute approximate surface area is 152 Å². The maximum absolute atomic E-state index is 6.02. The quantitative estimate of drug-likeness (QED) is 0.650. The van der Waals surface area contributed by atoms with Gasteiger partial charge in [-0.15, -0.1) is 0 Å². The molecule has 26 heavy (non-hydrogen) atoms. The topological polar surface area (TPSA) is 100 Å². The first-order chi connectivity index (χ1) is 12.6. The number of piperidine rings is 1. The number of rotatable bonds is 5. The number of aromatic amines is 1. The molecule has 1 saturated heterocycles. The fourth-order valence-corrected chi connectivity index (χ4v) is 3.33. The van der Waals surface area contributed by atoms with Crippen LogP contribution in [0.25, 0.3) is 5.65 Å². The van der Waals surface area contributed by atoms with E-state index in [0.717, 1.165) is 55.5 Å². The van der Waals surface area contributed by atoms with Crippen LogP contribution in [0.15, 0.2) is 24.4 Å². The van der Waals surface area contributed by atoms with E-state index in [9.17, 15) is 0 Å². The molecule has 4 heterocycles. The summed E-state index contributed by atoms with van der Waals surface area (Å²) in [6, 6.07) is 6.28. The fraction of sp³-hybridized carbons (Fsp3) is 0.500. The molecule has 8 nitrogen and oxygen atoms in total. The molecule has 3 aromatic rings. The van der Waals surface area contributed by atoms with E-state index in [1.165, 1.54) is 0 Å². The summed E-state index contributed by atoms with van der Waals surface area (Å²) in [5.41, 5.74) is 8.00. The molecule has 0 saturated carbocycles. The number of anilines is 3. The lowest BCUT2D eigenvalue weighted by atomic mass is 10.1. The Morgan fingerprint density at radius 1 is 1.31 bits per heavy atom. The minimum absolute atomic E-state index is 0.282. The Morgan fingerprint density at radius 2 is 2.12 bits per heavy atom. The van der Waals surface area contributed by atoms with Crippen LogP contribution in [-0.4, -0.2) is 43.7 Å². The summed E-state index contributed by atoms with van der Waals surface area (Å²) in [5, 5.41) is 10.8. The van der Waals surface area contributed by atoms with E-state index in [0.29, 0.717) is 11.9 Å². The van der Waals surface area contributed by atoms with Gasteiger partial charge in [0.05, 0.1) is 0 Å². The molecule has 4 N–H and O–H groups in total. The predicted molar refractivity (Wildman–Crippen MR) is 103 cm³/mol. The number of fused-ring (bicyclic) bond motifs is 1. The summed E-state index contributed by atoms with van der Waals surface area (Å²) < 4.78 is 1.94. The second-order valence-electron chi connectivity index (χ2n) is 7.41. The highest BCUT2D eigenvalue weighted by atomic mass is 15.3. The standard InChI is InChI=1S/C18H26N8/c1-12(2)10-14-11-15(24-23-14)20-18-22-17(21-16-4-3-7-26(16)18)25-8-5-13(19)6-9-25/h3-4,7,11-13H,5-6,8-10,19H2,1-2H3,(H2,20,21,22,23,24). The maximum atomic E-state index is 6.02. The van der Waals surface area contributed by atoms with E-state index < -0.39 is 0 Å². The van der Waals surface area contributed by atoms with Crippen LogP contribution in [0.3, 0.4) is 0 Å². The van der Waals surface area contributed by atoms with Gasteiger partial charge in [0.2, 0.25) is 11.9 Å². The highest BCUT2D eigenvalue weighted by molar-refractivity contribution is 5.57. The lowest BCUT2D eigenvalue weighted by molar-refractivity contribution is 0.495. The van der Waals surface area contributed by atoms with Crippen molar-refractivity contribution >= 4 is 23.4 Å². The Hall–Kier alpha value is -2.61. The first kappa shape index (κ1) is 16.8. The maximum Gasteiger partial charge on any atom is 0.230 e. The molecule has 1 aliphatic heterocycles. The number of nitrogens with two attached hydrogens (primary N) is 1. The Bertz CT molecular complexity index is 872. The molecular weight excluding hydrogens is 328 g/mol. The van der Waals surface area contributed by atoms with Crippen LogP contribution in [0.2, 0.25) is 0 Å². The van der Waals surface area contributed by atoms with Crippen molar-refractivity contribution in [2.45, 2.75) is 39.2 Å². The average molecular weight is 354 g/mol. The number of nitrogens with zero attached hydrogens (tertiary/aromatic N) is 5. The van der Waals surface area contributed by atoms with Crippen molar-refractivity contribution in [2.24, 2.45) is 11.7 Å². The predicted octanol–water partition coefficient (Wildman–Crippen LogP) is 2.32. The van der Waals surface area contributed by atoms with E-state index in [4.69, 9.17) is 15.7 Å². The van der Waals surface area contributed by atoms with Crippen molar-refractivity contribution in [3.63, 3.8) is 0 Å². The first-order valence-electron chi connectivity index (χ1n) is 9.25. The molecule has 0 aromatic carbocycles. The molecular formula is C18H26N8. The summed E-state index contributed by atoms with van der Waals surface area (Å²) in [5.74, 6) is 2.80. The molecule has 0 amide bonds. The molecule has 0 bridgehead atoms. The Morgan fingerprint density at radius 3 is 2.88 bits per heavy atom. The monoisotopic (exact) mass is 354 g/mol. The molecule has 1 fully saturated rings. The van der Waals surface area contributed by atoms with E-state index in [1.54, 1.807) is 0 Å². The zero-order valence-electron chi connectivity index (χ0n) is 15.3. The number of aromatic nitrogens is 5. The number of hydrogen-bond donors (Lipinski definition) is 3. The summed E-state index contributed by atoms with van der Waals surface area (Å²) in [6.07, 6.45) is 4.86. The molecule has 8 heteroatoms. The highest BCUT2D eigenvalue weighted by Gasteiger charge is 2.20. The number of nitrogens with one attached hydrogen (secondary N) is 2. The zero-order valence-corrected chi connectivity index (χ0v) is 15.3. The molecule has 138 valence electrons. The molecule has 0 radical (unpaired) electrons. The highest BCUT2D eigenvalue weighted by Crippen LogP contribution is 2.22. The van der Waals surface area contributed by atoms with Gasteiger partial charge in [0.25, 0.3) is 0 Å². The van der Waals surface area contributed by atoms with Crippen molar-refractivity contribution in [2.75, 3.05) is 23.3 Å². The summed E-state index contributed by atoms with van der Waals surface area (Å²) in [7, 11) is 0. The lowest BCUT2D eigenvalue weighted by Crippen LogP contribution is -2.40. The fourth-order valence-electron chi connectivity index (χ4n) is 3.33. The largest absolute Gasteiger partial charge is 0.341 e. The molecule has 3 aromatic heterocycles. The second-order valence-corrected chi connectivity index (χ2v) is 7.41. The van der Waals surface area contributed by atoms with Crippen molar-refractivity contribution < 1.29 is 0 Å². The van der Waals surface area contributed by atoms with Gasteiger partial charge in [-0.1, -0.05) is 13.8 Å². The van der Waals surface area contributed by atoms with Gasteiger partial charge in [-0.25, -0.2) is 0 Å². The van der Waals surface area contributed by atoms with Gasteiger partial charge in [0.15, 0.2) is 5.82 Å². The van der Waals surface area contributed by atoms with Crippen LogP contribution in [0.5, 0.6) is 0 Å². The van der Waals surface area contributed by atoms with Crippen LogP contribution in [-0.2, 0) is 6.42 Å². The zero-order chi connectivity index (χ0) is 18.1. The van der Waals surface area contributed by atoms with Crippen molar-refractivity contribution in [1.82, 2.24) is 24.6 Å². The number of hydrogen-bond acceptors (Lipinski definition) is 6. The van der Waals surface area contributed by atoms with Crippen LogP contribution in [0, 0.1) is 5.92 Å². The summed E-state index contributed by atoms with van der Waals surface area (Å²) >= 11 is 0. The SMILES string of the molecule is CC(C)Cc1cc(Nc2nc(N3CCC(N)CC3)nc3cccn23)n[nH]1. The van der Waals surface area contributed by atoms with Crippen LogP contribution >= 0.6 is 0 Å². The average Bonchev–Trinajstić information content (AvgIpc) is 3.24. The lowest BCUT2D eigenvalue weighted by Gasteiger charge is -2.30. The van der Waals surface area contributed by atoms with E-state index in [-0.39, 0.29) is 6.04 Å². The van der Waals surface area contributed by atoms with E-state index >= 15 is 0 Å². The third-order valence-corrected chi connectivity index (χ3v) is 4.70. The van der Waals surface area contributed by atoms with Crippen LogP contribution in [0.1, 0.15) is 32.4 Å². The third kappa shape index (κ3) is 3.50. The summed E-state index contributed by atoms with van der Waals surface area (Å²) in [6.45, 7) is 6.16. The third-order valence-electron chi connectivity index (χ3n) is 4.70. The smallest absolute Gasteiger partial charge is 0.230 e. The van der Waals surface area contributed by atoms with Gasteiger partial charge in [-0.3, -0.25) is 9.50 Å². The van der Waals surface area contributed by atoms with Gasteiger partial charge in [-0.2, -0.15) is 15.1 Å². The second kappa shape index (κ2) is 6.95. The molecule has 0 aliphatic carbocycles. The van der Waals surface area contributed by atoms with Gasteiger partial charge < -0.3 is 16.0 Å². The minimum atomic E-state index is 0.282. The molecule has 0 atom stereocenters. The molecule has 4 rings (SSSR count). The van der Waals surface area contributed by atoms with E-state index in [2.05, 4.69) is 34.3 Å². The summed E-state index contributed by atoms with van der Waals surface area (Å²) in [4.78, 5) is 11.7. The van der Waals surface area contributed by atoms with Crippen molar-refractivity contribution in [3.05, 3.63) is 30.1 Å². The van der Waals surface area contributed by atoms with E-state index in [1.807, 2.05) is 28.8 Å². The Balaban J connectivity index is 1.61. The van der Waals surface area contributed by atoms with Crippen molar-refractivity contribution in [1.29, 1.82) is 0 Å². The van der Waals surface area contributed by atoms with Gasteiger partial charge in [-0.05, 0) is 37.3 Å². The first-order valence-corrected chi connectivity index (χ1v) is 9.25.